The van der Waals surface area contributed by atoms with Crippen molar-refractivity contribution in [2.24, 2.45) is 0 Å². The molecule has 0 saturated carbocycles. The summed E-state index contributed by atoms with van der Waals surface area (Å²) in [5.74, 6) is -1.00. The summed E-state index contributed by atoms with van der Waals surface area (Å²) >= 11 is 0. The van der Waals surface area contributed by atoms with Gasteiger partial charge in [-0.25, -0.2) is 13.2 Å². The van der Waals surface area contributed by atoms with E-state index in [-0.39, 0.29) is 10.5 Å². The molecule has 0 aliphatic rings. The number of carboxylic acid groups (broad SMARTS) is 1. The van der Waals surface area contributed by atoms with E-state index < -0.39 is 15.8 Å². The molecule has 6 heteroatoms. The predicted molar refractivity (Wildman–Crippen MR) is 79.1 cm³/mol. The summed E-state index contributed by atoms with van der Waals surface area (Å²) in [6.45, 7) is 1.84. The average Bonchev–Trinajstić information content (AvgIpc) is 2.45. The molecule has 110 valence electrons. The maximum Gasteiger partial charge on any atom is 0.337 e. The van der Waals surface area contributed by atoms with Crippen molar-refractivity contribution in [3.63, 3.8) is 0 Å². The van der Waals surface area contributed by atoms with Crippen LogP contribution in [0.4, 0.5) is 0 Å². The van der Waals surface area contributed by atoms with E-state index >= 15 is 0 Å². The van der Waals surface area contributed by atoms with Crippen molar-refractivity contribution in [1.82, 2.24) is 4.98 Å². The van der Waals surface area contributed by atoms with Gasteiger partial charge in [-0.05, 0) is 30.7 Å². The summed E-state index contributed by atoms with van der Waals surface area (Å²) in [7, 11) is -3.23. The number of aryl methyl sites for hydroxylation is 1. The number of aromatic carboxylic acids is 1. The Balaban J connectivity index is 2.45. The highest BCUT2D eigenvalue weighted by Crippen LogP contribution is 2.21. The third-order valence-corrected chi connectivity index (χ3v) is 4.25. The average molecular weight is 305 g/mol. The number of rotatable bonds is 4. The topological polar surface area (TPSA) is 84.3 Å². The van der Waals surface area contributed by atoms with Gasteiger partial charge in [-0.1, -0.05) is 19.1 Å². The van der Waals surface area contributed by atoms with Crippen molar-refractivity contribution >= 4 is 15.8 Å². The number of sulfone groups is 1. The van der Waals surface area contributed by atoms with Crippen LogP contribution in [0.3, 0.4) is 0 Å². The fraction of sp³-hybridized carbons (Fsp3) is 0.200. The van der Waals surface area contributed by atoms with E-state index in [1.807, 2.05) is 6.92 Å². The Hall–Kier alpha value is -2.21. The summed E-state index contributed by atoms with van der Waals surface area (Å²) in [5.41, 5.74) is 2.06. The van der Waals surface area contributed by atoms with Gasteiger partial charge in [-0.3, -0.25) is 4.98 Å². The molecule has 21 heavy (non-hydrogen) atoms. The molecular formula is C15H15NO4S. The molecule has 0 aliphatic carbocycles. The van der Waals surface area contributed by atoms with Crippen LogP contribution in [0.25, 0.3) is 11.3 Å². The zero-order valence-corrected chi connectivity index (χ0v) is 12.5. The second-order valence-electron chi connectivity index (χ2n) is 4.65. The highest BCUT2D eigenvalue weighted by atomic mass is 32.2. The third-order valence-electron chi connectivity index (χ3n) is 3.12. The molecule has 0 amide bonds. The molecule has 1 aromatic carbocycles. The van der Waals surface area contributed by atoms with Crippen molar-refractivity contribution in [2.45, 2.75) is 18.2 Å². The van der Waals surface area contributed by atoms with Gasteiger partial charge in [0.25, 0.3) is 0 Å². The monoisotopic (exact) mass is 305 g/mol. The number of hydrogen-bond acceptors (Lipinski definition) is 4. The Labute approximate surface area is 123 Å². The van der Waals surface area contributed by atoms with E-state index in [0.29, 0.717) is 17.8 Å². The van der Waals surface area contributed by atoms with Gasteiger partial charge in [0.2, 0.25) is 0 Å². The lowest BCUT2D eigenvalue weighted by Gasteiger charge is -2.07. The molecule has 0 fully saturated rings. The Morgan fingerprint density at radius 3 is 2.24 bits per heavy atom. The fourth-order valence-electron chi connectivity index (χ4n) is 2.00. The lowest BCUT2D eigenvalue weighted by atomic mass is 10.1. The molecule has 0 radical (unpaired) electrons. The fourth-order valence-corrected chi connectivity index (χ4v) is 2.63. The number of pyridine rings is 1. The van der Waals surface area contributed by atoms with Crippen molar-refractivity contribution in [1.29, 1.82) is 0 Å². The Kier molecular flexibility index (Phi) is 4.09. The molecule has 0 aliphatic heterocycles. The third kappa shape index (κ3) is 3.28. The first-order chi connectivity index (χ1) is 9.82. The Morgan fingerprint density at radius 1 is 1.14 bits per heavy atom. The van der Waals surface area contributed by atoms with Gasteiger partial charge in [0, 0.05) is 11.8 Å². The quantitative estimate of drug-likeness (QED) is 0.937. The summed E-state index contributed by atoms with van der Waals surface area (Å²) < 4.78 is 22.8. The summed E-state index contributed by atoms with van der Waals surface area (Å²) in [6, 6.07) is 9.51. The number of carbonyl (C=O) groups is 1. The van der Waals surface area contributed by atoms with Crippen molar-refractivity contribution < 1.29 is 18.3 Å². The molecular weight excluding hydrogens is 290 g/mol. The van der Waals surface area contributed by atoms with Gasteiger partial charge in [0.15, 0.2) is 9.84 Å². The molecule has 1 heterocycles. The molecule has 1 aromatic heterocycles. The molecule has 0 saturated heterocycles. The molecule has 2 rings (SSSR count). The SMILES string of the molecule is CCc1nc(-c2ccc(S(C)(=O)=O)cc2)ccc1C(=O)O. The first-order valence-corrected chi connectivity index (χ1v) is 8.25. The molecule has 0 bridgehead atoms. The lowest BCUT2D eigenvalue weighted by Crippen LogP contribution is -2.04. The van der Waals surface area contributed by atoms with Gasteiger partial charge >= 0.3 is 5.97 Å². The van der Waals surface area contributed by atoms with Crippen LogP contribution in [0.1, 0.15) is 23.0 Å². The van der Waals surface area contributed by atoms with E-state index in [1.54, 1.807) is 18.2 Å². The Bertz CT molecular complexity index is 780. The minimum Gasteiger partial charge on any atom is -0.478 e. The smallest absolute Gasteiger partial charge is 0.337 e. The largest absolute Gasteiger partial charge is 0.478 e. The van der Waals surface area contributed by atoms with E-state index in [1.165, 1.54) is 18.2 Å². The maximum absolute atomic E-state index is 11.4. The van der Waals surface area contributed by atoms with Crippen LogP contribution in [-0.2, 0) is 16.3 Å². The van der Waals surface area contributed by atoms with Crippen LogP contribution in [0.15, 0.2) is 41.3 Å². The predicted octanol–water partition coefficient (Wildman–Crippen LogP) is 2.41. The van der Waals surface area contributed by atoms with Gasteiger partial charge in [-0.2, -0.15) is 0 Å². The highest BCUT2D eigenvalue weighted by Gasteiger charge is 2.12. The van der Waals surface area contributed by atoms with Crippen LogP contribution in [0.2, 0.25) is 0 Å². The zero-order chi connectivity index (χ0) is 15.6. The minimum atomic E-state index is -3.23. The van der Waals surface area contributed by atoms with Crippen LogP contribution in [0, 0.1) is 0 Å². The molecule has 1 N–H and O–H groups in total. The standard InChI is InChI=1S/C15H15NO4S/c1-3-13-12(15(17)18)8-9-14(16-13)10-4-6-11(7-5-10)21(2,19)20/h4-9H,3H2,1-2H3,(H,17,18). The van der Waals surface area contributed by atoms with Crippen LogP contribution >= 0.6 is 0 Å². The van der Waals surface area contributed by atoms with Crippen LogP contribution in [-0.4, -0.2) is 30.7 Å². The Morgan fingerprint density at radius 2 is 1.76 bits per heavy atom. The van der Waals surface area contributed by atoms with E-state index in [0.717, 1.165) is 11.8 Å². The second-order valence-corrected chi connectivity index (χ2v) is 6.66. The van der Waals surface area contributed by atoms with E-state index in [2.05, 4.69) is 4.98 Å². The zero-order valence-electron chi connectivity index (χ0n) is 11.7. The van der Waals surface area contributed by atoms with E-state index in [9.17, 15) is 13.2 Å². The van der Waals surface area contributed by atoms with Crippen LogP contribution < -0.4 is 0 Å². The van der Waals surface area contributed by atoms with Crippen molar-refractivity contribution in [3.05, 3.63) is 47.7 Å². The summed E-state index contributed by atoms with van der Waals surface area (Å²) in [6.07, 6.45) is 1.66. The lowest BCUT2D eigenvalue weighted by molar-refractivity contribution is 0.0695. The van der Waals surface area contributed by atoms with Crippen molar-refractivity contribution in [3.8, 4) is 11.3 Å². The highest BCUT2D eigenvalue weighted by molar-refractivity contribution is 7.90. The summed E-state index contributed by atoms with van der Waals surface area (Å²) in [5, 5.41) is 9.08. The van der Waals surface area contributed by atoms with Crippen LogP contribution in [0.5, 0.6) is 0 Å². The minimum absolute atomic E-state index is 0.189. The van der Waals surface area contributed by atoms with E-state index in [4.69, 9.17) is 5.11 Å². The molecule has 2 aromatic rings. The number of nitrogens with zero attached hydrogens (tertiary/aromatic N) is 1. The maximum atomic E-state index is 11.4. The first kappa shape index (κ1) is 15.2. The number of carboxylic acids is 1. The molecule has 0 spiro atoms. The molecule has 0 unspecified atom stereocenters. The van der Waals surface area contributed by atoms with Gasteiger partial charge in [-0.15, -0.1) is 0 Å². The number of benzene rings is 1. The van der Waals surface area contributed by atoms with Gasteiger partial charge < -0.3 is 5.11 Å². The second kappa shape index (κ2) is 5.65. The normalized spacial score (nSPS) is 11.3. The van der Waals surface area contributed by atoms with Gasteiger partial charge in [0.1, 0.15) is 0 Å². The summed E-state index contributed by atoms with van der Waals surface area (Å²) in [4.78, 5) is 15.7. The van der Waals surface area contributed by atoms with Crippen molar-refractivity contribution in [2.75, 3.05) is 6.26 Å². The van der Waals surface area contributed by atoms with Gasteiger partial charge in [0.05, 0.1) is 21.8 Å². The molecule has 5 nitrogen and oxygen atoms in total. The number of aromatic nitrogens is 1. The first-order valence-electron chi connectivity index (χ1n) is 6.36. The molecule has 0 atom stereocenters. The number of hydrogen-bond donors (Lipinski definition) is 1.